The molecule has 0 aliphatic rings. The number of halogens is 1. The number of hydrogen-bond donors (Lipinski definition) is 3. The molecule has 1 aromatic carbocycles. The molecule has 3 N–H and O–H groups in total. The van der Waals surface area contributed by atoms with Gasteiger partial charge in [0.1, 0.15) is 0 Å². The molecule has 1 aromatic rings. The van der Waals surface area contributed by atoms with Gasteiger partial charge < -0.3 is 20.6 Å². The van der Waals surface area contributed by atoms with Crippen molar-refractivity contribution in [1.82, 2.24) is 10.2 Å². The zero-order valence-corrected chi connectivity index (χ0v) is 12.3. The van der Waals surface area contributed by atoms with Crippen LogP contribution in [0.3, 0.4) is 0 Å². The van der Waals surface area contributed by atoms with Crippen LogP contribution in [0.5, 0.6) is 0 Å². The number of rotatable bonds is 5. The fraction of sp³-hybridized carbons (Fsp3) is 0.333. The van der Waals surface area contributed by atoms with Crippen molar-refractivity contribution in [3.8, 4) is 0 Å². The molecule has 0 aliphatic heterocycles. The number of aromatic carboxylic acids is 1. The van der Waals surface area contributed by atoms with Crippen LogP contribution in [-0.4, -0.2) is 49.2 Å². The molecule has 7 heteroatoms. The van der Waals surface area contributed by atoms with Crippen LogP contribution >= 0.6 is 15.9 Å². The first kappa shape index (κ1) is 15.5. The molecule has 1 rings (SSSR count). The Kier molecular flexibility index (Phi) is 5.78. The Balaban J connectivity index is 2.57. The Morgan fingerprint density at radius 3 is 2.58 bits per heavy atom. The lowest BCUT2D eigenvalue weighted by Gasteiger charge is -2.12. The summed E-state index contributed by atoms with van der Waals surface area (Å²) in [4.78, 5) is 24.3. The van der Waals surface area contributed by atoms with Crippen LogP contribution in [-0.2, 0) is 0 Å². The van der Waals surface area contributed by atoms with E-state index >= 15 is 0 Å². The molecule has 2 amide bonds. The maximum Gasteiger partial charge on any atom is 0.335 e. The highest BCUT2D eigenvalue weighted by molar-refractivity contribution is 9.10. The van der Waals surface area contributed by atoms with E-state index in [1.54, 1.807) is 6.07 Å². The summed E-state index contributed by atoms with van der Waals surface area (Å²) in [5.74, 6) is -1.01. The van der Waals surface area contributed by atoms with Gasteiger partial charge in [-0.3, -0.25) is 0 Å². The summed E-state index contributed by atoms with van der Waals surface area (Å²) in [7, 11) is 3.83. The average Bonchev–Trinajstić information content (AvgIpc) is 2.31. The molecule has 0 saturated heterocycles. The number of nitrogens with zero attached hydrogens (tertiary/aromatic N) is 1. The molecule has 19 heavy (non-hydrogen) atoms. The topological polar surface area (TPSA) is 81.7 Å². The summed E-state index contributed by atoms with van der Waals surface area (Å²) in [5, 5.41) is 14.2. The van der Waals surface area contributed by atoms with Crippen molar-refractivity contribution < 1.29 is 14.7 Å². The lowest BCUT2D eigenvalue weighted by Crippen LogP contribution is -2.34. The van der Waals surface area contributed by atoms with E-state index in [0.717, 1.165) is 6.54 Å². The summed E-state index contributed by atoms with van der Waals surface area (Å²) in [6.45, 7) is 1.27. The van der Waals surface area contributed by atoms with E-state index in [9.17, 15) is 9.59 Å². The van der Waals surface area contributed by atoms with E-state index in [0.29, 0.717) is 16.7 Å². The molecule has 6 nitrogen and oxygen atoms in total. The quantitative estimate of drug-likeness (QED) is 0.769. The normalized spacial score (nSPS) is 10.3. The zero-order chi connectivity index (χ0) is 14.4. The van der Waals surface area contributed by atoms with Crippen molar-refractivity contribution in [2.24, 2.45) is 0 Å². The van der Waals surface area contributed by atoms with Crippen LogP contribution in [0, 0.1) is 0 Å². The Morgan fingerprint density at radius 1 is 1.37 bits per heavy atom. The number of benzene rings is 1. The van der Waals surface area contributed by atoms with Crippen molar-refractivity contribution in [2.45, 2.75) is 0 Å². The van der Waals surface area contributed by atoms with Crippen molar-refractivity contribution in [2.75, 3.05) is 32.5 Å². The van der Waals surface area contributed by atoms with Crippen molar-refractivity contribution >= 4 is 33.6 Å². The van der Waals surface area contributed by atoms with Gasteiger partial charge in [-0.15, -0.1) is 0 Å². The summed E-state index contributed by atoms with van der Waals surface area (Å²) >= 11 is 3.22. The SMILES string of the molecule is CN(C)CCNC(=O)Nc1ccc(C(=O)O)cc1Br. The first-order valence-electron chi connectivity index (χ1n) is 5.62. The van der Waals surface area contributed by atoms with E-state index in [4.69, 9.17) is 5.11 Å². The number of carboxylic acid groups (broad SMARTS) is 1. The van der Waals surface area contributed by atoms with E-state index in [1.165, 1.54) is 12.1 Å². The van der Waals surface area contributed by atoms with Gasteiger partial charge >= 0.3 is 12.0 Å². The summed E-state index contributed by atoms with van der Waals surface area (Å²) in [5.41, 5.74) is 0.679. The van der Waals surface area contributed by atoms with E-state index in [-0.39, 0.29) is 11.6 Å². The van der Waals surface area contributed by atoms with Gasteiger partial charge in [0.15, 0.2) is 0 Å². The van der Waals surface area contributed by atoms with E-state index < -0.39 is 5.97 Å². The monoisotopic (exact) mass is 329 g/mol. The Bertz CT molecular complexity index is 477. The Hall–Kier alpha value is -1.60. The summed E-state index contributed by atoms with van der Waals surface area (Å²) < 4.78 is 0.523. The summed E-state index contributed by atoms with van der Waals surface area (Å²) in [6.07, 6.45) is 0. The number of nitrogens with one attached hydrogen (secondary N) is 2. The first-order chi connectivity index (χ1) is 8.90. The number of amides is 2. The molecular weight excluding hydrogens is 314 g/mol. The molecule has 0 spiro atoms. The van der Waals surface area contributed by atoms with Crippen molar-refractivity contribution in [3.63, 3.8) is 0 Å². The standard InChI is InChI=1S/C12H16BrN3O3/c1-16(2)6-5-14-12(19)15-10-4-3-8(11(17)18)7-9(10)13/h3-4,7H,5-6H2,1-2H3,(H,17,18)(H2,14,15,19). The van der Waals surface area contributed by atoms with Crippen LogP contribution in [0.25, 0.3) is 0 Å². The van der Waals surface area contributed by atoms with Gasteiger partial charge in [0.2, 0.25) is 0 Å². The third kappa shape index (κ3) is 5.27. The Morgan fingerprint density at radius 2 is 2.05 bits per heavy atom. The predicted molar refractivity (Wildman–Crippen MR) is 76.7 cm³/mol. The molecule has 0 aliphatic carbocycles. The molecule has 0 aromatic heterocycles. The van der Waals surface area contributed by atoms with Crippen LogP contribution in [0.4, 0.5) is 10.5 Å². The molecule has 0 atom stereocenters. The molecule has 0 unspecified atom stereocenters. The number of carbonyl (C=O) groups excluding carboxylic acids is 1. The highest BCUT2D eigenvalue weighted by atomic mass is 79.9. The minimum absolute atomic E-state index is 0.158. The predicted octanol–water partition coefficient (Wildman–Crippen LogP) is 1.83. The molecule has 0 radical (unpaired) electrons. The third-order valence-electron chi connectivity index (χ3n) is 2.31. The number of hydrogen-bond acceptors (Lipinski definition) is 3. The minimum Gasteiger partial charge on any atom is -0.478 e. The second kappa shape index (κ2) is 7.10. The van der Waals surface area contributed by atoms with E-state index in [1.807, 2.05) is 19.0 Å². The smallest absolute Gasteiger partial charge is 0.335 e. The van der Waals surface area contributed by atoms with Gasteiger partial charge in [-0.05, 0) is 48.2 Å². The van der Waals surface area contributed by atoms with Crippen LogP contribution in [0.1, 0.15) is 10.4 Å². The van der Waals surface area contributed by atoms with Gasteiger partial charge in [0, 0.05) is 17.6 Å². The van der Waals surface area contributed by atoms with Gasteiger partial charge in [-0.2, -0.15) is 0 Å². The van der Waals surface area contributed by atoms with E-state index in [2.05, 4.69) is 26.6 Å². The number of carbonyl (C=O) groups is 2. The number of anilines is 1. The van der Waals surface area contributed by atoms with Gasteiger partial charge in [0.05, 0.1) is 11.3 Å². The number of likely N-dealkylation sites (N-methyl/N-ethyl adjacent to an activating group) is 1. The van der Waals surface area contributed by atoms with Crippen molar-refractivity contribution in [3.05, 3.63) is 28.2 Å². The fourth-order valence-electron chi connectivity index (χ4n) is 1.31. The van der Waals surface area contributed by atoms with Crippen LogP contribution < -0.4 is 10.6 Å². The zero-order valence-electron chi connectivity index (χ0n) is 10.7. The minimum atomic E-state index is -1.01. The van der Waals surface area contributed by atoms with Crippen molar-refractivity contribution in [1.29, 1.82) is 0 Å². The highest BCUT2D eigenvalue weighted by Gasteiger charge is 2.08. The molecule has 104 valence electrons. The largest absolute Gasteiger partial charge is 0.478 e. The number of urea groups is 1. The number of carboxylic acids is 1. The lowest BCUT2D eigenvalue weighted by atomic mass is 10.2. The molecule has 0 heterocycles. The van der Waals surface area contributed by atoms with Gasteiger partial charge in [-0.1, -0.05) is 0 Å². The Labute approximate surface area is 119 Å². The maximum absolute atomic E-state index is 11.6. The maximum atomic E-state index is 11.6. The summed E-state index contributed by atoms with van der Waals surface area (Å²) in [6, 6.07) is 4.09. The second-order valence-corrected chi connectivity index (χ2v) is 5.04. The molecule has 0 fully saturated rings. The third-order valence-corrected chi connectivity index (χ3v) is 2.96. The molecular formula is C12H16BrN3O3. The highest BCUT2D eigenvalue weighted by Crippen LogP contribution is 2.23. The fourth-order valence-corrected chi connectivity index (χ4v) is 1.79. The van der Waals surface area contributed by atoms with Crippen LogP contribution in [0.2, 0.25) is 0 Å². The average molecular weight is 330 g/mol. The van der Waals surface area contributed by atoms with Gasteiger partial charge in [0.25, 0.3) is 0 Å². The molecule has 0 bridgehead atoms. The lowest BCUT2D eigenvalue weighted by molar-refractivity contribution is 0.0697. The molecule has 0 saturated carbocycles. The van der Waals surface area contributed by atoms with Crippen LogP contribution in [0.15, 0.2) is 22.7 Å². The second-order valence-electron chi connectivity index (χ2n) is 4.18. The first-order valence-corrected chi connectivity index (χ1v) is 6.42. The van der Waals surface area contributed by atoms with Gasteiger partial charge in [-0.25, -0.2) is 9.59 Å².